The second-order valence-electron chi connectivity index (χ2n) is 9.04. The van der Waals surface area contributed by atoms with Crippen LogP contribution < -0.4 is 11.2 Å². The number of rotatable bonds is 1. The maximum atomic E-state index is 12.3. The van der Waals surface area contributed by atoms with Gasteiger partial charge >= 0.3 is 14.3 Å². The Morgan fingerprint density at radius 2 is 1.85 bits per heavy atom. The minimum atomic E-state index is -2.53. The number of hydrogen-bond donors (Lipinski definition) is 1. The van der Waals surface area contributed by atoms with E-state index in [1.165, 1.54) is 6.07 Å². The highest BCUT2D eigenvalue weighted by Crippen LogP contribution is 2.58. The standard InChI is InChI=1S/C17H27IN2O4SSi/c1-16(2,3)26(17(4,5)6)23-9-10-13(24-26)12(18)14(25-10)20-8-7-11(21)19-15(20)22/h7-8,10,12-14H,9H2,1-6H3,(H,19,21,22)/t10-,12-,13-,14-/m1/s1. The number of aromatic nitrogens is 2. The van der Waals surface area contributed by atoms with Crippen LogP contribution in [0.25, 0.3) is 0 Å². The molecule has 1 N–H and O–H groups in total. The molecule has 0 unspecified atom stereocenters. The average Bonchev–Trinajstić information content (AvgIpc) is 2.81. The molecule has 0 saturated carbocycles. The quantitative estimate of drug-likeness (QED) is 0.356. The van der Waals surface area contributed by atoms with Crippen molar-refractivity contribution in [3.05, 3.63) is 33.1 Å². The number of fused-ring (bicyclic) bond motifs is 1. The van der Waals surface area contributed by atoms with Crippen molar-refractivity contribution < 1.29 is 8.85 Å². The lowest BCUT2D eigenvalue weighted by atomic mass is 10.2. The van der Waals surface area contributed by atoms with E-state index in [-0.39, 0.29) is 42.0 Å². The van der Waals surface area contributed by atoms with Gasteiger partial charge in [-0.2, -0.15) is 0 Å². The van der Waals surface area contributed by atoms with Crippen LogP contribution in [0.4, 0.5) is 0 Å². The van der Waals surface area contributed by atoms with Gasteiger partial charge in [0.25, 0.3) is 5.56 Å². The van der Waals surface area contributed by atoms with E-state index in [1.54, 1.807) is 22.5 Å². The van der Waals surface area contributed by atoms with Crippen LogP contribution >= 0.6 is 34.4 Å². The Labute approximate surface area is 172 Å². The summed E-state index contributed by atoms with van der Waals surface area (Å²) in [6.07, 6.45) is 1.62. The van der Waals surface area contributed by atoms with Gasteiger partial charge in [-0.05, 0) is 0 Å². The lowest BCUT2D eigenvalue weighted by molar-refractivity contribution is 0.0307. The number of alkyl halides is 1. The van der Waals surface area contributed by atoms with Crippen LogP contribution in [0.3, 0.4) is 0 Å². The molecule has 0 aliphatic carbocycles. The van der Waals surface area contributed by atoms with Gasteiger partial charge in [-0.1, -0.05) is 64.1 Å². The lowest BCUT2D eigenvalue weighted by Crippen LogP contribution is -2.64. The van der Waals surface area contributed by atoms with Crippen molar-refractivity contribution in [2.24, 2.45) is 0 Å². The molecule has 0 spiro atoms. The highest BCUT2D eigenvalue weighted by molar-refractivity contribution is 14.1. The fourth-order valence-electron chi connectivity index (χ4n) is 4.16. The summed E-state index contributed by atoms with van der Waals surface area (Å²) in [6.45, 7) is 13.9. The summed E-state index contributed by atoms with van der Waals surface area (Å²) in [6, 6.07) is 1.40. The molecule has 0 bridgehead atoms. The summed E-state index contributed by atoms with van der Waals surface area (Å²) in [5.41, 5.74) is -0.741. The Bertz CT molecular complexity index is 783. The molecule has 146 valence electrons. The summed E-state index contributed by atoms with van der Waals surface area (Å²) in [4.78, 5) is 26.0. The summed E-state index contributed by atoms with van der Waals surface area (Å²) in [5.74, 6) is 0. The van der Waals surface area contributed by atoms with Crippen LogP contribution in [-0.2, 0) is 8.85 Å². The van der Waals surface area contributed by atoms with Crippen LogP contribution in [0.2, 0.25) is 10.1 Å². The van der Waals surface area contributed by atoms with Crippen molar-refractivity contribution >= 4 is 42.9 Å². The molecule has 1 aromatic heterocycles. The number of halogens is 1. The first-order valence-electron chi connectivity index (χ1n) is 8.80. The third-order valence-corrected chi connectivity index (χ3v) is 13.7. The van der Waals surface area contributed by atoms with Gasteiger partial charge in [0, 0.05) is 22.3 Å². The Balaban J connectivity index is 1.95. The number of H-pyrrole nitrogens is 1. The van der Waals surface area contributed by atoms with Crippen molar-refractivity contribution in [1.82, 2.24) is 9.55 Å². The molecular formula is C17H27IN2O4SSi. The van der Waals surface area contributed by atoms with E-state index in [9.17, 15) is 9.59 Å². The molecule has 2 saturated heterocycles. The van der Waals surface area contributed by atoms with Crippen LogP contribution in [-0.4, -0.2) is 40.0 Å². The Hall–Kier alpha value is -0.103. The van der Waals surface area contributed by atoms with Crippen molar-refractivity contribution in [3.63, 3.8) is 0 Å². The Morgan fingerprint density at radius 3 is 2.38 bits per heavy atom. The molecule has 9 heteroatoms. The van der Waals surface area contributed by atoms with Crippen LogP contribution in [0.1, 0.15) is 46.9 Å². The molecule has 2 aliphatic rings. The van der Waals surface area contributed by atoms with E-state index in [0.717, 1.165) is 0 Å². The van der Waals surface area contributed by atoms with E-state index in [1.807, 2.05) is 0 Å². The van der Waals surface area contributed by atoms with Crippen molar-refractivity contribution in [2.45, 2.75) is 72.3 Å². The minimum absolute atomic E-state index is 0.0308. The summed E-state index contributed by atoms with van der Waals surface area (Å²) in [7, 11) is -2.53. The number of nitrogens with one attached hydrogen (secondary N) is 1. The molecule has 0 radical (unpaired) electrons. The maximum absolute atomic E-state index is 12.3. The number of thioether (sulfide) groups is 1. The molecule has 26 heavy (non-hydrogen) atoms. The molecule has 4 atom stereocenters. The zero-order valence-electron chi connectivity index (χ0n) is 16.0. The first kappa shape index (κ1) is 20.6. The molecule has 2 aliphatic heterocycles. The van der Waals surface area contributed by atoms with Crippen LogP contribution in [0, 0.1) is 0 Å². The second kappa shape index (κ2) is 6.75. The highest BCUT2D eigenvalue weighted by Gasteiger charge is 2.64. The molecule has 6 nitrogen and oxygen atoms in total. The van der Waals surface area contributed by atoms with Crippen LogP contribution in [0.5, 0.6) is 0 Å². The predicted octanol–water partition coefficient (Wildman–Crippen LogP) is 3.41. The first-order chi connectivity index (χ1) is 11.9. The summed E-state index contributed by atoms with van der Waals surface area (Å²) < 4.78 is 15.1. The van der Waals surface area contributed by atoms with Gasteiger partial charge in [-0.25, -0.2) is 4.79 Å². The summed E-state index contributed by atoms with van der Waals surface area (Å²) in [5, 5.41) is -0.0248. The van der Waals surface area contributed by atoms with E-state index in [2.05, 4.69) is 69.1 Å². The molecule has 0 amide bonds. The van der Waals surface area contributed by atoms with Crippen molar-refractivity contribution in [1.29, 1.82) is 0 Å². The van der Waals surface area contributed by atoms with E-state index in [0.29, 0.717) is 6.61 Å². The largest absolute Gasteiger partial charge is 0.392 e. The van der Waals surface area contributed by atoms with Gasteiger partial charge in [-0.3, -0.25) is 14.3 Å². The van der Waals surface area contributed by atoms with E-state index in [4.69, 9.17) is 8.85 Å². The van der Waals surface area contributed by atoms with Crippen molar-refractivity contribution in [3.8, 4) is 0 Å². The topological polar surface area (TPSA) is 73.3 Å². The third-order valence-electron chi connectivity index (χ3n) is 5.12. The SMILES string of the molecule is CC(C)(C)[Si]1(C(C)(C)C)OC[C@H]2S[C@@H](n3ccc(=O)[nH]c3=O)[C@H](I)[C@@H]2O1. The highest BCUT2D eigenvalue weighted by atomic mass is 127. The van der Waals surface area contributed by atoms with Gasteiger partial charge in [0.1, 0.15) is 0 Å². The molecule has 2 fully saturated rings. The minimum Gasteiger partial charge on any atom is -0.392 e. The van der Waals surface area contributed by atoms with Crippen molar-refractivity contribution in [2.75, 3.05) is 6.61 Å². The molecule has 3 heterocycles. The molecule has 3 rings (SSSR count). The van der Waals surface area contributed by atoms with Gasteiger partial charge in [0.2, 0.25) is 0 Å². The third kappa shape index (κ3) is 3.27. The second-order valence-corrected chi connectivity index (χ2v) is 16.6. The smallest absolute Gasteiger partial charge is 0.349 e. The lowest BCUT2D eigenvalue weighted by Gasteiger charge is -2.54. The maximum Gasteiger partial charge on any atom is 0.349 e. The summed E-state index contributed by atoms with van der Waals surface area (Å²) >= 11 is 4.10. The normalized spacial score (nSPS) is 31.7. The monoisotopic (exact) mass is 510 g/mol. The fourth-order valence-corrected chi connectivity index (χ4v) is 12.9. The van der Waals surface area contributed by atoms with E-state index >= 15 is 0 Å². The zero-order chi connectivity index (χ0) is 19.5. The fraction of sp³-hybridized carbons (Fsp3) is 0.765. The number of aromatic amines is 1. The predicted molar refractivity (Wildman–Crippen MR) is 116 cm³/mol. The Morgan fingerprint density at radius 1 is 1.23 bits per heavy atom. The molecular weight excluding hydrogens is 483 g/mol. The van der Waals surface area contributed by atoms with Crippen LogP contribution in [0.15, 0.2) is 21.9 Å². The Kier molecular flexibility index (Phi) is 5.35. The van der Waals surface area contributed by atoms with Gasteiger partial charge in [0.05, 0.1) is 27.3 Å². The molecule has 0 aromatic carbocycles. The molecule has 1 aromatic rings. The number of hydrogen-bond acceptors (Lipinski definition) is 5. The van der Waals surface area contributed by atoms with Gasteiger partial charge < -0.3 is 8.85 Å². The van der Waals surface area contributed by atoms with E-state index < -0.39 is 8.56 Å². The van der Waals surface area contributed by atoms with Gasteiger partial charge in [0.15, 0.2) is 0 Å². The average molecular weight is 510 g/mol. The van der Waals surface area contributed by atoms with Gasteiger partial charge in [-0.15, -0.1) is 11.8 Å². The number of nitrogens with zero attached hydrogens (tertiary/aromatic N) is 1. The zero-order valence-corrected chi connectivity index (χ0v) is 20.0. The first-order valence-corrected chi connectivity index (χ1v) is 12.8.